The van der Waals surface area contributed by atoms with E-state index in [0.29, 0.717) is 17.5 Å². The van der Waals surface area contributed by atoms with Crippen molar-refractivity contribution in [2.45, 2.75) is 31.7 Å². The van der Waals surface area contributed by atoms with Gasteiger partial charge in [0.2, 0.25) is 5.91 Å². The number of benzene rings is 1. The first-order chi connectivity index (χ1) is 12.1. The average molecular weight is 346 g/mol. The van der Waals surface area contributed by atoms with Crippen LogP contribution in [0.5, 0.6) is 0 Å². The van der Waals surface area contributed by atoms with Crippen LogP contribution in [0, 0.1) is 17.2 Å². The van der Waals surface area contributed by atoms with Gasteiger partial charge in [-0.3, -0.25) is 9.59 Å². The zero-order valence-electron chi connectivity index (χ0n) is 14.2. The fraction of sp³-hybridized carbons (Fsp3) is 0.579. The Balaban J connectivity index is 1.35. The van der Waals surface area contributed by atoms with Crippen LogP contribution in [0.25, 0.3) is 0 Å². The summed E-state index contributed by atoms with van der Waals surface area (Å²) < 4.78 is 18.4. The molecule has 6 heteroatoms. The maximum absolute atomic E-state index is 12.9. The van der Waals surface area contributed by atoms with Gasteiger partial charge in [-0.25, -0.2) is 4.39 Å². The third-order valence-electron chi connectivity index (χ3n) is 5.83. The van der Waals surface area contributed by atoms with Crippen molar-refractivity contribution in [1.82, 2.24) is 10.2 Å². The number of amides is 2. The standard InChI is InChI=1S/C19H23FN2O3/c20-15-5-3-14(4-6-15)18(24)21-11-16(23)22-12-19(7-9-25-10-8-19)17(22)13-1-2-13/h3-6,13,17H,1-2,7-12H2,(H,21,24). The largest absolute Gasteiger partial charge is 0.381 e. The highest BCUT2D eigenvalue weighted by Crippen LogP contribution is 2.54. The second-order valence-electron chi connectivity index (χ2n) is 7.47. The number of nitrogens with zero attached hydrogens (tertiary/aromatic N) is 1. The predicted molar refractivity (Wildman–Crippen MR) is 89.4 cm³/mol. The van der Waals surface area contributed by atoms with Crippen molar-refractivity contribution >= 4 is 11.8 Å². The second kappa shape index (κ2) is 6.41. The van der Waals surface area contributed by atoms with Gasteiger partial charge in [-0.15, -0.1) is 0 Å². The lowest BCUT2D eigenvalue weighted by Crippen LogP contribution is -2.69. The summed E-state index contributed by atoms with van der Waals surface area (Å²) in [4.78, 5) is 26.6. The van der Waals surface area contributed by atoms with Crippen molar-refractivity contribution in [3.8, 4) is 0 Å². The number of carbonyl (C=O) groups excluding carboxylic acids is 2. The van der Waals surface area contributed by atoms with Crippen LogP contribution in [-0.4, -0.2) is 49.1 Å². The molecule has 2 heterocycles. The van der Waals surface area contributed by atoms with Crippen LogP contribution in [0.4, 0.5) is 4.39 Å². The molecule has 1 saturated carbocycles. The van der Waals surface area contributed by atoms with Gasteiger partial charge in [-0.05, 0) is 55.9 Å². The molecule has 1 aliphatic carbocycles. The van der Waals surface area contributed by atoms with Gasteiger partial charge >= 0.3 is 0 Å². The number of halogens is 1. The van der Waals surface area contributed by atoms with Crippen LogP contribution in [0.2, 0.25) is 0 Å². The topological polar surface area (TPSA) is 58.6 Å². The smallest absolute Gasteiger partial charge is 0.251 e. The molecule has 0 radical (unpaired) electrons. The fourth-order valence-corrected chi connectivity index (χ4v) is 4.35. The van der Waals surface area contributed by atoms with Gasteiger partial charge in [-0.2, -0.15) is 0 Å². The summed E-state index contributed by atoms with van der Waals surface area (Å²) in [5, 5.41) is 2.66. The number of rotatable bonds is 4. The molecule has 4 rings (SSSR count). The number of hydrogen-bond acceptors (Lipinski definition) is 3. The van der Waals surface area contributed by atoms with Crippen molar-refractivity contribution in [3.63, 3.8) is 0 Å². The van der Waals surface area contributed by atoms with Gasteiger partial charge in [0, 0.05) is 36.8 Å². The normalized spacial score (nSPS) is 24.7. The van der Waals surface area contributed by atoms with Crippen molar-refractivity contribution < 1.29 is 18.7 Å². The first-order valence-corrected chi connectivity index (χ1v) is 9.00. The van der Waals surface area contributed by atoms with Crippen LogP contribution in [0.15, 0.2) is 24.3 Å². The van der Waals surface area contributed by atoms with Crippen LogP contribution < -0.4 is 5.32 Å². The van der Waals surface area contributed by atoms with Crippen LogP contribution in [0.1, 0.15) is 36.0 Å². The van der Waals surface area contributed by atoms with Crippen molar-refractivity contribution in [3.05, 3.63) is 35.6 Å². The Kier molecular flexibility index (Phi) is 4.23. The third kappa shape index (κ3) is 3.15. The molecule has 1 unspecified atom stereocenters. The minimum absolute atomic E-state index is 0.00793. The maximum Gasteiger partial charge on any atom is 0.251 e. The van der Waals surface area contributed by atoms with E-state index in [9.17, 15) is 14.0 Å². The number of hydrogen-bond donors (Lipinski definition) is 1. The summed E-state index contributed by atoms with van der Waals surface area (Å²) in [6.07, 6.45) is 4.44. The minimum atomic E-state index is -0.387. The molecule has 2 saturated heterocycles. The quantitative estimate of drug-likeness (QED) is 0.907. The molecule has 0 bridgehead atoms. The van der Waals surface area contributed by atoms with Crippen molar-refractivity contribution in [1.29, 1.82) is 0 Å². The first kappa shape index (κ1) is 16.5. The Bertz CT molecular complexity index is 666. The molecule has 5 nitrogen and oxygen atoms in total. The van der Waals surface area contributed by atoms with E-state index in [2.05, 4.69) is 5.32 Å². The molecule has 2 aliphatic heterocycles. The lowest BCUT2D eigenvalue weighted by Gasteiger charge is -2.59. The summed E-state index contributed by atoms with van der Waals surface area (Å²) in [6, 6.07) is 5.63. The van der Waals surface area contributed by atoms with Gasteiger partial charge in [-0.1, -0.05) is 0 Å². The van der Waals surface area contributed by atoms with Crippen molar-refractivity contribution in [2.24, 2.45) is 11.3 Å². The van der Waals surface area contributed by atoms with E-state index in [1.807, 2.05) is 4.90 Å². The number of nitrogens with one attached hydrogen (secondary N) is 1. The van der Waals surface area contributed by atoms with Gasteiger partial charge in [0.1, 0.15) is 5.82 Å². The first-order valence-electron chi connectivity index (χ1n) is 9.00. The van der Waals surface area contributed by atoms with E-state index < -0.39 is 0 Å². The zero-order chi connectivity index (χ0) is 17.4. The molecule has 1 aromatic rings. The Morgan fingerprint density at radius 2 is 1.88 bits per heavy atom. The molecule has 1 aromatic carbocycles. The average Bonchev–Trinajstić information content (AvgIpc) is 3.43. The Morgan fingerprint density at radius 3 is 2.52 bits per heavy atom. The molecule has 1 spiro atoms. The summed E-state index contributed by atoms with van der Waals surface area (Å²) in [5.41, 5.74) is 0.591. The second-order valence-corrected chi connectivity index (χ2v) is 7.47. The molecule has 0 aromatic heterocycles. The van der Waals surface area contributed by atoms with Gasteiger partial charge in [0.15, 0.2) is 0 Å². The van der Waals surface area contributed by atoms with E-state index in [1.165, 1.54) is 37.1 Å². The highest BCUT2D eigenvalue weighted by atomic mass is 19.1. The summed E-state index contributed by atoms with van der Waals surface area (Å²) in [6.45, 7) is 2.34. The molecular formula is C19H23FN2O3. The molecule has 1 atom stereocenters. The van der Waals surface area contributed by atoms with Crippen molar-refractivity contribution in [2.75, 3.05) is 26.3 Å². The highest BCUT2D eigenvalue weighted by Gasteiger charge is 2.59. The molecule has 1 N–H and O–H groups in total. The monoisotopic (exact) mass is 346 g/mol. The number of likely N-dealkylation sites (tertiary alicyclic amines) is 1. The lowest BCUT2D eigenvalue weighted by molar-refractivity contribution is -0.170. The zero-order valence-corrected chi connectivity index (χ0v) is 14.2. The van der Waals surface area contributed by atoms with Crippen LogP contribution in [-0.2, 0) is 9.53 Å². The van der Waals surface area contributed by atoms with E-state index in [4.69, 9.17) is 4.74 Å². The molecule has 134 valence electrons. The Morgan fingerprint density at radius 1 is 1.20 bits per heavy atom. The van der Waals surface area contributed by atoms with E-state index >= 15 is 0 Å². The van der Waals surface area contributed by atoms with Crippen LogP contribution >= 0.6 is 0 Å². The highest BCUT2D eigenvalue weighted by molar-refractivity contribution is 5.96. The fourth-order valence-electron chi connectivity index (χ4n) is 4.35. The van der Waals surface area contributed by atoms with E-state index in [-0.39, 0.29) is 29.6 Å². The molecule has 25 heavy (non-hydrogen) atoms. The van der Waals surface area contributed by atoms with Gasteiger partial charge in [0.25, 0.3) is 5.91 Å². The molecule has 2 amide bonds. The lowest BCUT2D eigenvalue weighted by atomic mass is 9.64. The predicted octanol–water partition coefficient (Wildman–Crippen LogP) is 1.97. The van der Waals surface area contributed by atoms with Gasteiger partial charge < -0.3 is 15.0 Å². The number of ether oxygens (including phenoxy) is 1. The van der Waals surface area contributed by atoms with Crippen LogP contribution in [0.3, 0.4) is 0 Å². The summed E-state index contributed by atoms with van der Waals surface area (Å²) >= 11 is 0. The molecular weight excluding hydrogens is 323 g/mol. The van der Waals surface area contributed by atoms with E-state index in [0.717, 1.165) is 32.6 Å². The number of carbonyl (C=O) groups is 2. The molecule has 3 aliphatic rings. The SMILES string of the molecule is O=C(NCC(=O)N1CC2(CCOCC2)C1C1CC1)c1ccc(F)cc1. The minimum Gasteiger partial charge on any atom is -0.381 e. The summed E-state index contributed by atoms with van der Waals surface area (Å²) in [7, 11) is 0. The maximum atomic E-state index is 12.9. The van der Waals surface area contributed by atoms with E-state index in [1.54, 1.807) is 0 Å². The van der Waals surface area contributed by atoms with Gasteiger partial charge in [0.05, 0.1) is 6.54 Å². The molecule has 3 fully saturated rings. The Labute approximate surface area is 146 Å². The Hall–Kier alpha value is -1.95. The summed E-state index contributed by atoms with van der Waals surface area (Å²) in [5.74, 6) is -0.145. The third-order valence-corrected chi connectivity index (χ3v) is 5.83.